The Morgan fingerprint density at radius 2 is 1.24 bits per heavy atom. The molecule has 1 N–H and O–H groups in total. The van der Waals surface area contributed by atoms with E-state index in [1.807, 2.05) is 24.3 Å². The Bertz CT molecular complexity index is 887. The summed E-state index contributed by atoms with van der Waals surface area (Å²) in [5.41, 5.74) is 2.50. The van der Waals surface area contributed by atoms with Gasteiger partial charge in [-0.2, -0.15) is 0 Å². The van der Waals surface area contributed by atoms with Gasteiger partial charge in [-0.15, -0.1) is 0 Å². The molecule has 0 bridgehead atoms. The van der Waals surface area contributed by atoms with E-state index < -0.39 is 23.3 Å². The predicted octanol–water partition coefficient (Wildman–Crippen LogP) is 6.02. The zero-order chi connectivity index (χ0) is 18.0. The quantitative estimate of drug-likeness (QED) is 0.219. The lowest BCUT2D eigenvalue weighted by Gasteiger charge is -2.09. The van der Waals surface area contributed by atoms with Gasteiger partial charge in [-0.3, -0.25) is 3.53 Å². The fraction of sp³-hybridized carbons (Fsp3) is 0.0526. The van der Waals surface area contributed by atoms with Crippen molar-refractivity contribution in [3.05, 3.63) is 83.4 Å². The average molecular weight is 457 g/mol. The zero-order valence-electron chi connectivity index (χ0n) is 12.8. The lowest BCUT2D eigenvalue weighted by atomic mass is 9.98. The van der Waals surface area contributed by atoms with Gasteiger partial charge in [0, 0.05) is 35.0 Å². The highest BCUT2D eigenvalue weighted by molar-refractivity contribution is 14.1. The van der Waals surface area contributed by atoms with Gasteiger partial charge in [-0.1, -0.05) is 36.4 Å². The molecule has 0 aromatic heterocycles. The number of hydrogen-bond acceptors (Lipinski definition) is 1. The van der Waals surface area contributed by atoms with E-state index in [2.05, 4.69) is 26.4 Å². The second-order valence-corrected chi connectivity index (χ2v) is 6.22. The first-order valence-electron chi connectivity index (χ1n) is 7.37. The number of hydrogen-bond donors (Lipinski definition) is 1. The Morgan fingerprint density at radius 1 is 0.680 bits per heavy atom. The SMILES string of the molecule is Fc1cc(-c2ccc(CNI)cc2)ccc1-c1cc(F)c(F)c(F)c1. The molecule has 3 rings (SSSR count). The van der Waals surface area contributed by atoms with Crippen molar-refractivity contribution in [2.45, 2.75) is 6.54 Å². The van der Waals surface area contributed by atoms with Crippen LogP contribution in [0.15, 0.2) is 54.6 Å². The van der Waals surface area contributed by atoms with Crippen LogP contribution in [0.2, 0.25) is 0 Å². The molecule has 0 aliphatic carbocycles. The number of benzene rings is 3. The van der Waals surface area contributed by atoms with Gasteiger partial charge in [0.2, 0.25) is 0 Å². The molecule has 6 heteroatoms. The number of halogens is 5. The molecule has 0 aliphatic heterocycles. The molecule has 0 radical (unpaired) electrons. The molecule has 128 valence electrons. The summed E-state index contributed by atoms with van der Waals surface area (Å²) in [6.07, 6.45) is 0. The fourth-order valence-corrected chi connectivity index (χ4v) is 2.97. The topological polar surface area (TPSA) is 12.0 Å². The van der Waals surface area contributed by atoms with Crippen molar-refractivity contribution in [2.24, 2.45) is 0 Å². The van der Waals surface area contributed by atoms with Gasteiger partial charge in [0.15, 0.2) is 17.5 Å². The molecular formula is C19H12F4IN. The zero-order valence-corrected chi connectivity index (χ0v) is 15.0. The summed E-state index contributed by atoms with van der Waals surface area (Å²) in [5, 5.41) is 0. The van der Waals surface area contributed by atoms with E-state index in [1.165, 1.54) is 12.1 Å². The fourth-order valence-electron chi connectivity index (χ4n) is 2.53. The van der Waals surface area contributed by atoms with Crippen molar-refractivity contribution < 1.29 is 17.6 Å². The van der Waals surface area contributed by atoms with Crippen LogP contribution in [0.1, 0.15) is 5.56 Å². The molecular weight excluding hydrogens is 445 g/mol. The van der Waals surface area contributed by atoms with Crippen molar-refractivity contribution >= 4 is 22.9 Å². The minimum atomic E-state index is -1.57. The van der Waals surface area contributed by atoms with Crippen LogP contribution < -0.4 is 3.53 Å². The Hall–Kier alpha value is -1.93. The molecule has 3 aromatic carbocycles. The van der Waals surface area contributed by atoms with Crippen LogP contribution in [0, 0.1) is 23.3 Å². The maximum absolute atomic E-state index is 14.4. The molecule has 0 fully saturated rings. The van der Waals surface area contributed by atoms with Crippen LogP contribution in [-0.2, 0) is 6.54 Å². The average Bonchev–Trinajstić information content (AvgIpc) is 2.60. The standard InChI is InChI=1S/C19H12F4IN/c20-16-7-13(12-3-1-11(2-4-12)10-25-24)5-6-15(16)14-8-17(21)19(23)18(22)9-14/h1-9,25H,10H2. The highest BCUT2D eigenvalue weighted by Gasteiger charge is 2.14. The van der Waals surface area contributed by atoms with Crippen LogP contribution in [0.4, 0.5) is 17.6 Å². The first-order chi connectivity index (χ1) is 12.0. The molecule has 0 spiro atoms. The van der Waals surface area contributed by atoms with Gasteiger partial charge >= 0.3 is 0 Å². The van der Waals surface area contributed by atoms with Gasteiger partial charge in [-0.25, -0.2) is 17.6 Å². The maximum atomic E-state index is 14.4. The normalized spacial score (nSPS) is 10.9. The Morgan fingerprint density at radius 3 is 1.80 bits per heavy atom. The van der Waals surface area contributed by atoms with Crippen LogP contribution in [0.3, 0.4) is 0 Å². The molecule has 3 aromatic rings. The van der Waals surface area contributed by atoms with Gasteiger partial charge in [0.1, 0.15) is 5.82 Å². The van der Waals surface area contributed by atoms with Crippen LogP contribution >= 0.6 is 22.9 Å². The van der Waals surface area contributed by atoms with Gasteiger partial charge in [0.25, 0.3) is 0 Å². The molecule has 0 amide bonds. The summed E-state index contributed by atoms with van der Waals surface area (Å²) in [6.45, 7) is 0.718. The molecule has 0 atom stereocenters. The van der Waals surface area contributed by atoms with Crippen molar-refractivity contribution in [2.75, 3.05) is 0 Å². The largest absolute Gasteiger partial charge is 0.257 e. The summed E-state index contributed by atoms with van der Waals surface area (Å²) in [5.74, 6) is -4.90. The van der Waals surface area contributed by atoms with Crippen molar-refractivity contribution in [3.63, 3.8) is 0 Å². The molecule has 0 unspecified atom stereocenters. The summed E-state index contributed by atoms with van der Waals surface area (Å²) in [7, 11) is 0. The molecule has 25 heavy (non-hydrogen) atoms. The molecule has 0 heterocycles. The minimum Gasteiger partial charge on any atom is -0.257 e. The predicted molar refractivity (Wildman–Crippen MR) is 98.0 cm³/mol. The van der Waals surface area contributed by atoms with E-state index in [1.54, 1.807) is 6.07 Å². The summed E-state index contributed by atoms with van der Waals surface area (Å²) in [6, 6.07) is 13.5. The molecule has 0 aliphatic rings. The summed E-state index contributed by atoms with van der Waals surface area (Å²) >= 11 is 2.05. The lowest BCUT2D eigenvalue weighted by Crippen LogP contribution is -1.96. The Kier molecular flexibility index (Phi) is 5.39. The molecule has 0 saturated heterocycles. The summed E-state index contributed by atoms with van der Waals surface area (Å²) < 4.78 is 57.2. The maximum Gasteiger partial charge on any atom is 0.194 e. The first kappa shape index (κ1) is 17.9. The third-order valence-corrected chi connectivity index (χ3v) is 4.20. The second-order valence-electron chi connectivity index (χ2n) is 5.46. The van der Waals surface area contributed by atoms with Crippen molar-refractivity contribution in [3.8, 4) is 22.3 Å². The van der Waals surface area contributed by atoms with Crippen molar-refractivity contribution in [1.29, 1.82) is 0 Å². The van der Waals surface area contributed by atoms with E-state index in [0.29, 0.717) is 5.56 Å². The smallest absolute Gasteiger partial charge is 0.194 e. The van der Waals surface area contributed by atoms with Crippen LogP contribution in [0.25, 0.3) is 22.3 Å². The van der Waals surface area contributed by atoms with Gasteiger partial charge in [0.05, 0.1) is 0 Å². The van der Waals surface area contributed by atoms with E-state index in [4.69, 9.17) is 0 Å². The summed E-state index contributed by atoms with van der Waals surface area (Å²) in [4.78, 5) is 0. The van der Waals surface area contributed by atoms with Crippen LogP contribution in [0.5, 0.6) is 0 Å². The highest BCUT2D eigenvalue weighted by Crippen LogP contribution is 2.30. The third kappa shape index (κ3) is 3.85. The third-order valence-electron chi connectivity index (χ3n) is 3.82. The number of nitrogens with one attached hydrogen (secondary N) is 1. The first-order valence-corrected chi connectivity index (χ1v) is 8.44. The molecule has 0 saturated carbocycles. The number of rotatable bonds is 4. The lowest BCUT2D eigenvalue weighted by molar-refractivity contribution is 0.447. The van der Waals surface area contributed by atoms with Crippen LogP contribution in [-0.4, -0.2) is 0 Å². The highest BCUT2D eigenvalue weighted by atomic mass is 127. The van der Waals surface area contributed by atoms with Gasteiger partial charge < -0.3 is 0 Å². The monoisotopic (exact) mass is 457 g/mol. The van der Waals surface area contributed by atoms with E-state index >= 15 is 0 Å². The van der Waals surface area contributed by atoms with Gasteiger partial charge in [-0.05, 0) is 40.5 Å². The Balaban J connectivity index is 1.96. The Labute approximate surface area is 156 Å². The van der Waals surface area contributed by atoms with E-state index in [-0.39, 0.29) is 11.1 Å². The van der Waals surface area contributed by atoms with E-state index in [9.17, 15) is 17.6 Å². The minimum absolute atomic E-state index is 0.00674. The second kappa shape index (κ2) is 7.53. The van der Waals surface area contributed by atoms with E-state index in [0.717, 1.165) is 29.8 Å². The molecule has 1 nitrogen and oxygen atoms in total. The van der Waals surface area contributed by atoms with Crippen molar-refractivity contribution in [1.82, 2.24) is 3.53 Å².